The molecule has 1 aromatic rings. The summed E-state index contributed by atoms with van der Waals surface area (Å²) in [5, 5.41) is 10.6. The molecule has 2 rings (SSSR count). The highest BCUT2D eigenvalue weighted by Gasteiger charge is 2.34. The highest BCUT2D eigenvalue weighted by molar-refractivity contribution is 5.32. The molecule has 0 spiro atoms. The topological polar surface area (TPSA) is 20.2 Å². The second-order valence-electron chi connectivity index (χ2n) is 5.17. The monoisotopic (exact) mass is 222 g/mol. The summed E-state index contributed by atoms with van der Waals surface area (Å²) in [4.78, 5) is 0. The third-order valence-electron chi connectivity index (χ3n) is 3.80. The average molecular weight is 222 g/mol. The highest BCUT2D eigenvalue weighted by atomic mass is 19.1. The summed E-state index contributed by atoms with van der Waals surface area (Å²) in [5.74, 6) is 0.418. The summed E-state index contributed by atoms with van der Waals surface area (Å²) >= 11 is 0. The Hall–Kier alpha value is -0.890. The van der Waals surface area contributed by atoms with Crippen molar-refractivity contribution >= 4 is 0 Å². The molecule has 1 fully saturated rings. The Kier molecular flexibility index (Phi) is 3.02. The molecule has 0 heterocycles. The quantitative estimate of drug-likeness (QED) is 0.770. The minimum atomic E-state index is -0.807. The Morgan fingerprint density at radius 2 is 1.94 bits per heavy atom. The van der Waals surface area contributed by atoms with E-state index >= 15 is 0 Å². The van der Waals surface area contributed by atoms with Gasteiger partial charge in [0.15, 0.2) is 0 Å². The van der Waals surface area contributed by atoms with E-state index in [2.05, 4.69) is 6.92 Å². The Labute approximate surface area is 96.3 Å². The van der Waals surface area contributed by atoms with Gasteiger partial charge in [0.25, 0.3) is 0 Å². The van der Waals surface area contributed by atoms with Crippen molar-refractivity contribution in [1.29, 1.82) is 0 Å². The van der Waals surface area contributed by atoms with Crippen molar-refractivity contribution in [2.45, 2.75) is 45.1 Å². The van der Waals surface area contributed by atoms with Crippen LogP contribution in [0.5, 0.6) is 0 Å². The van der Waals surface area contributed by atoms with Gasteiger partial charge in [-0.2, -0.15) is 0 Å². The molecule has 1 aliphatic rings. The van der Waals surface area contributed by atoms with Crippen LogP contribution in [-0.2, 0) is 5.60 Å². The molecule has 0 aromatic heterocycles. The number of benzene rings is 1. The summed E-state index contributed by atoms with van der Waals surface area (Å²) in [7, 11) is 0. The molecule has 1 aliphatic carbocycles. The van der Waals surface area contributed by atoms with Crippen LogP contribution < -0.4 is 0 Å². The predicted molar refractivity (Wildman–Crippen MR) is 62.7 cm³/mol. The zero-order valence-electron chi connectivity index (χ0n) is 9.96. The van der Waals surface area contributed by atoms with Crippen LogP contribution in [0.25, 0.3) is 0 Å². The zero-order valence-corrected chi connectivity index (χ0v) is 9.96. The van der Waals surface area contributed by atoms with Gasteiger partial charge in [-0.3, -0.25) is 0 Å². The molecule has 88 valence electrons. The summed E-state index contributed by atoms with van der Waals surface area (Å²) in [6.07, 6.45) is 3.54. The van der Waals surface area contributed by atoms with Crippen LogP contribution in [0, 0.1) is 18.7 Å². The Morgan fingerprint density at radius 3 is 2.56 bits per heavy atom. The van der Waals surface area contributed by atoms with E-state index in [9.17, 15) is 9.50 Å². The lowest BCUT2D eigenvalue weighted by Gasteiger charge is -2.36. The SMILES string of the molecule is Cc1ccc(F)cc1C1(O)CCC(C)CC1. The molecular weight excluding hydrogens is 203 g/mol. The van der Waals surface area contributed by atoms with Crippen molar-refractivity contribution in [2.24, 2.45) is 5.92 Å². The van der Waals surface area contributed by atoms with Crippen LogP contribution >= 0.6 is 0 Å². The van der Waals surface area contributed by atoms with Crippen LogP contribution in [0.3, 0.4) is 0 Å². The van der Waals surface area contributed by atoms with E-state index in [1.165, 1.54) is 12.1 Å². The molecule has 0 unspecified atom stereocenters. The van der Waals surface area contributed by atoms with Gasteiger partial charge in [0.05, 0.1) is 5.60 Å². The first-order valence-corrected chi connectivity index (χ1v) is 6.00. The number of aliphatic hydroxyl groups is 1. The molecule has 0 saturated heterocycles. The summed E-state index contributed by atoms with van der Waals surface area (Å²) < 4.78 is 13.2. The maximum Gasteiger partial charge on any atom is 0.123 e. The van der Waals surface area contributed by atoms with Crippen molar-refractivity contribution < 1.29 is 9.50 Å². The lowest BCUT2D eigenvalue weighted by Crippen LogP contribution is -2.31. The number of hydrogen-bond donors (Lipinski definition) is 1. The first-order valence-electron chi connectivity index (χ1n) is 6.00. The lowest BCUT2D eigenvalue weighted by atomic mass is 9.74. The second kappa shape index (κ2) is 4.17. The first kappa shape index (κ1) is 11.6. The van der Waals surface area contributed by atoms with E-state index in [4.69, 9.17) is 0 Å². The van der Waals surface area contributed by atoms with Gasteiger partial charge in [-0.05, 0) is 61.8 Å². The van der Waals surface area contributed by atoms with Crippen molar-refractivity contribution in [3.8, 4) is 0 Å². The summed E-state index contributed by atoms with van der Waals surface area (Å²) in [5.41, 5.74) is 0.955. The van der Waals surface area contributed by atoms with Crippen molar-refractivity contribution in [2.75, 3.05) is 0 Å². The van der Waals surface area contributed by atoms with Crippen molar-refractivity contribution in [1.82, 2.24) is 0 Å². The standard InChI is InChI=1S/C14H19FO/c1-10-5-7-14(16,8-6-10)13-9-12(15)4-3-11(13)2/h3-4,9-10,16H,5-8H2,1-2H3. The minimum Gasteiger partial charge on any atom is -0.385 e. The Bertz CT molecular complexity index is 378. The van der Waals surface area contributed by atoms with Crippen LogP contribution in [0.15, 0.2) is 18.2 Å². The maximum absolute atomic E-state index is 13.2. The van der Waals surface area contributed by atoms with E-state index in [0.29, 0.717) is 5.92 Å². The Balaban J connectivity index is 2.32. The second-order valence-corrected chi connectivity index (χ2v) is 5.17. The predicted octanol–water partition coefficient (Wildman–Crippen LogP) is 3.53. The Morgan fingerprint density at radius 1 is 1.31 bits per heavy atom. The molecule has 0 radical (unpaired) electrons. The van der Waals surface area contributed by atoms with Gasteiger partial charge in [-0.25, -0.2) is 4.39 Å². The van der Waals surface area contributed by atoms with Crippen LogP contribution in [0.1, 0.15) is 43.7 Å². The largest absolute Gasteiger partial charge is 0.385 e. The van der Waals surface area contributed by atoms with Crippen LogP contribution in [0.4, 0.5) is 4.39 Å². The fourth-order valence-electron chi connectivity index (χ4n) is 2.60. The molecule has 1 aromatic carbocycles. The summed E-state index contributed by atoms with van der Waals surface area (Å²) in [6, 6.07) is 4.69. The van der Waals surface area contributed by atoms with E-state index in [-0.39, 0.29) is 5.82 Å². The molecule has 1 N–H and O–H groups in total. The van der Waals surface area contributed by atoms with Gasteiger partial charge in [-0.15, -0.1) is 0 Å². The third-order valence-corrected chi connectivity index (χ3v) is 3.80. The molecule has 1 saturated carbocycles. The zero-order chi connectivity index (χ0) is 11.8. The fourth-order valence-corrected chi connectivity index (χ4v) is 2.60. The molecule has 0 amide bonds. The molecule has 0 aliphatic heterocycles. The normalized spacial score (nSPS) is 30.4. The number of aryl methyl sites for hydroxylation is 1. The van der Waals surface area contributed by atoms with Crippen molar-refractivity contribution in [3.05, 3.63) is 35.1 Å². The molecule has 0 bridgehead atoms. The van der Waals surface area contributed by atoms with Crippen molar-refractivity contribution in [3.63, 3.8) is 0 Å². The van der Waals surface area contributed by atoms with E-state index < -0.39 is 5.60 Å². The van der Waals surface area contributed by atoms with Gasteiger partial charge in [-0.1, -0.05) is 13.0 Å². The molecule has 2 heteroatoms. The lowest BCUT2D eigenvalue weighted by molar-refractivity contribution is -0.0127. The highest BCUT2D eigenvalue weighted by Crippen LogP contribution is 2.40. The smallest absolute Gasteiger partial charge is 0.123 e. The fraction of sp³-hybridized carbons (Fsp3) is 0.571. The van der Waals surface area contributed by atoms with E-state index in [0.717, 1.165) is 36.8 Å². The summed E-state index contributed by atoms with van der Waals surface area (Å²) in [6.45, 7) is 4.14. The third kappa shape index (κ3) is 2.12. The van der Waals surface area contributed by atoms with Gasteiger partial charge in [0, 0.05) is 0 Å². The molecule has 1 nitrogen and oxygen atoms in total. The molecule has 16 heavy (non-hydrogen) atoms. The maximum atomic E-state index is 13.2. The van der Waals surface area contributed by atoms with E-state index in [1.807, 2.05) is 6.92 Å². The first-order chi connectivity index (χ1) is 7.51. The van der Waals surface area contributed by atoms with Gasteiger partial charge in [0.1, 0.15) is 5.82 Å². The van der Waals surface area contributed by atoms with Gasteiger partial charge < -0.3 is 5.11 Å². The van der Waals surface area contributed by atoms with E-state index in [1.54, 1.807) is 6.07 Å². The minimum absolute atomic E-state index is 0.257. The average Bonchev–Trinajstić information content (AvgIpc) is 2.26. The number of hydrogen-bond acceptors (Lipinski definition) is 1. The molecule has 0 atom stereocenters. The van der Waals surface area contributed by atoms with Crippen LogP contribution in [-0.4, -0.2) is 5.11 Å². The van der Waals surface area contributed by atoms with Gasteiger partial charge in [0.2, 0.25) is 0 Å². The van der Waals surface area contributed by atoms with Gasteiger partial charge >= 0.3 is 0 Å². The number of halogens is 1. The molecular formula is C14H19FO. The van der Waals surface area contributed by atoms with Crippen LogP contribution in [0.2, 0.25) is 0 Å². The number of rotatable bonds is 1.